The lowest BCUT2D eigenvalue weighted by Crippen LogP contribution is -2.18. The lowest BCUT2D eigenvalue weighted by molar-refractivity contribution is -0.113. The summed E-state index contributed by atoms with van der Waals surface area (Å²) < 4.78 is 7.18. The van der Waals surface area contributed by atoms with Crippen molar-refractivity contribution in [3.63, 3.8) is 0 Å². The molecule has 4 rings (SSSR count). The van der Waals surface area contributed by atoms with Crippen LogP contribution in [0.15, 0.2) is 84.0 Å². The summed E-state index contributed by atoms with van der Waals surface area (Å²) >= 11 is 1.22. The first kappa shape index (κ1) is 24.3. The highest BCUT2D eigenvalue weighted by Crippen LogP contribution is 2.28. The Morgan fingerprint density at radius 3 is 2.37 bits per heavy atom. The third-order valence-electron chi connectivity index (χ3n) is 5.44. The van der Waals surface area contributed by atoms with Crippen LogP contribution in [0.3, 0.4) is 0 Å². The van der Waals surface area contributed by atoms with Crippen molar-refractivity contribution in [2.75, 3.05) is 16.9 Å². The highest BCUT2D eigenvalue weighted by atomic mass is 32.2. The molecule has 0 saturated carbocycles. The zero-order valence-corrected chi connectivity index (χ0v) is 20.9. The van der Waals surface area contributed by atoms with Gasteiger partial charge in [-0.05, 0) is 34.7 Å². The van der Waals surface area contributed by atoms with Gasteiger partial charge in [-0.15, -0.1) is 10.2 Å². The van der Waals surface area contributed by atoms with Crippen molar-refractivity contribution >= 4 is 23.4 Å². The SMILES string of the molecule is CC(C)(C)c1ccc(OCc2nnc(SCC(=O)Nc3ccccc3-c3ccccc3)n2N)cc1. The smallest absolute Gasteiger partial charge is 0.234 e. The average Bonchev–Trinajstić information content (AvgIpc) is 3.21. The van der Waals surface area contributed by atoms with Gasteiger partial charge in [-0.3, -0.25) is 4.79 Å². The number of anilines is 1. The first-order chi connectivity index (χ1) is 16.8. The number of carbonyl (C=O) groups is 1. The minimum Gasteiger partial charge on any atom is -0.486 e. The molecule has 0 atom stereocenters. The lowest BCUT2D eigenvalue weighted by Gasteiger charge is -2.19. The van der Waals surface area contributed by atoms with Gasteiger partial charge in [0.25, 0.3) is 0 Å². The summed E-state index contributed by atoms with van der Waals surface area (Å²) in [6.07, 6.45) is 0. The molecule has 0 aliphatic heterocycles. The summed E-state index contributed by atoms with van der Waals surface area (Å²) in [5, 5.41) is 11.7. The first-order valence-electron chi connectivity index (χ1n) is 11.3. The fraction of sp³-hybridized carbons (Fsp3) is 0.222. The highest BCUT2D eigenvalue weighted by Gasteiger charge is 2.15. The van der Waals surface area contributed by atoms with Crippen LogP contribution in [-0.2, 0) is 16.8 Å². The topological polar surface area (TPSA) is 95.1 Å². The first-order valence-corrected chi connectivity index (χ1v) is 12.3. The number of nitrogens with one attached hydrogen (secondary N) is 1. The molecular weight excluding hydrogens is 458 g/mol. The second-order valence-electron chi connectivity index (χ2n) is 9.08. The number of nitrogens with two attached hydrogens (primary N) is 1. The standard InChI is InChI=1S/C27H29N5O2S/c1-27(2,3)20-13-15-21(16-14-20)34-17-24-30-31-26(32(24)28)35-18-25(33)29-23-12-8-7-11-22(23)19-9-5-4-6-10-19/h4-16H,17-18,28H2,1-3H3,(H,29,33). The number of para-hydroxylation sites is 1. The number of nitrogen functional groups attached to an aromatic ring is 1. The van der Waals surface area contributed by atoms with Crippen LogP contribution >= 0.6 is 11.8 Å². The maximum atomic E-state index is 12.6. The molecule has 0 saturated heterocycles. The van der Waals surface area contributed by atoms with Gasteiger partial charge in [0, 0.05) is 11.3 Å². The van der Waals surface area contributed by atoms with Crippen LogP contribution in [0, 0.1) is 0 Å². The van der Waals surface area contributed by atoms with E-state index in [1.54, 1.807) is 0 Å². The maximum Gasteiger partial charge on any atom is 0.234 e. The highest BCUT2D eigenvalue weighted by molar-refractivity contribution is 7.99. The summed E-state index contributed by atoms with van der Waals surface area (Å²) in [7, 11) is 0. The number of rotatable bonds is 8. The molecule has 7 nitrogen and oxygen atoms in total. The summed E-state index contributed by atoms with van der Waals surface area (Å²) in [4.78, 5) is 12.6. The van der Waals surface area contributed by atoms with Crippen molar-refractivity contribution in [2.45, 2.75) is 37.9 Å². The molecule has 0 bridgehead atoms. The Kier molecular flexibility index (Phi) is 7.41. The van der Waals surface area contributed by atoms with Crippen molar-refractivity contribution in [2.24, 2.45) is 0 Å². The molecule has 3 aromatic carbocycles. The second kappa shape index (κ2) is 10.7. The van der Waals surface area contributed by atoms with Crippen LogP contribution in [0.5, 0.6) is 5.75 Å². The maximum absolute atomic E-state index is 12.6. The molecule has 0 fully saturated rings. The molecule has 1 aromatic heterocycles. The molecule has 180 valence electrons. The minimum atomic E-state index is -0.155. The molecule has 3 N–H and O–H groups in total. The van der Waals surface area contributed by atoms with Gasteiger partial charge >= 0.3 is 0 Å². The lowest BCUT2D eigenvalue weighted by atomic mass is 9.87. The monoisotopic (exact) mass is 487 g/mol. The van der Waals surface area contributed by atoms with Gasteiger partial charge in [0.15, 0.2) is 5.82 Å². The summed E-state index contributed by atoms with van der Waals surface area (Å²) in [6, 6.07) is 25.6. The van der Waals surface area contributed by atoms with E-state index in [1.165, 1.54) is 22.0 Å². The summed E-state index contributed by atoms with van der Waals surface area (Å²) in [5.74, 6) is 7.34. The van der Waals surface area contributed by atoms with Crippen molar-refractivity contribution < 1.29 is 9.53 Å². The normalized spacial score (nSPS) is 11.3. The molecule has 4 aromatic rings. The fourth-order valence-electron chi connectivity index (χ4n) is 3.48. The Bertz CT molecular complexity index is 1280. The van der Waals surface area contributed by atoms with Gasteiger partial charge in [-0.2, -0.15) is 0 Å². The Labute approximate surface area is 209 Å². The number of thioether (sulfide) groups is 1. The molecule has 0 unspecified atom stereocenters. The molecular formula is C27H29N5O2S. The minimum absolute atomic E-state index is 0.0814. The summed E-state index contributed by atoms with van der Waals surface area (Å²) in [5.41, 5.74) is 4.07. The molecule has 0 aliphatic carbocycles. The van der Waals surface area contributed by atoms with Crippen LogP contribution in [-0.4, -0.2) is 26.5 Å². The molecule has 35 heavy (non-hydrogen) atoms. The number of hydrogen-bond acceptors (Lipinski definition) is 6. The number of amides is 1. The Hall–Kier alpha value is -3.78. The van der Waals surface area contributed by atoms with Gasteiger partial charge in [-0.25, -0.2) is 4.68 Å². The average molecular weight is 488 g/mol. The van der Waals surface area contributed by atoms with Gasteiger partial charge in [-0.1, -0.05) is 93.2 Å². The van der Waals surface area contributed by atoms with E-state index < -0.39 is 0 Å². The van der Waals surface area contributed by atoms with Gasteiger partial charge in [0.1, 0.15) is 12.4 Å². The van der Waals surface area contributed by atoms with E-state index in [9.17, 15) is 4.79 Å². The molecule has 0 spiro atoms. The molecule has 0 aliphatic rings. The van der Waals surface area contributed by atoms with Crippen LogP contribution in [0.4, 0.5) is 5.69 Å². The van der Waals surface area contributed by atoms with Crippen LogP contribution in [0.1, 0.15) is 32.2 Å². The van der Waals surface area contributed by atoms with Crippen LogP contribution in [0.2, 0.25) is 0 Å². The van der Waals surface area contributed by atoms with Crippen LogP contribution in [0.25, 0.3) is 11.1 Å². The van der Waals surface area contributed by atoms with Gasteiger partial charge in [0.05, 0.1) is 5.75 Å². The van der Waals surface area contributed by atoms with E-state index in [-0.39, 0.29) is 23.7 Å². The number of carbonyl (C=O) groups excluding carboxylic acids is 1. The number of benzene rings is 3. The predicted molar refractivity (Wildman–Crippen MR) is 141 cm³/mol. The van der Waals surface area contributed by atoms with Gasteiger partial charge < -0.3 is 15.9 Å². The van der Waals surface area contributed by atoms with E-state index >= 15 is 0 Å². The second-order valence-corrected chi connectivity index (χ2v) is 10.0. The molecule has 0 radical (unpaired) electrons. The zero-order chi connectivity index (χ0) is 24.8. The Morgan fingerprint density at radius 1 is 0.971 bits per heavy atom. The quantitative estimate of drug-likeness (QED) is 0.260. The van der Waals surface area contributed by atoms with E-state index in [1.807, 2.05) is 66.7 Å². The number of hydrogen-bond donors (Lipinski definition) is 2. The van der Waals surface area contributed by atoms with Crippen LogP contribution < -0.4 is 15.9 Å². The third-order valence-corrected chi connectivity index (χ3v) is 6.38. The number of ether oxygens (including phenoxy) is 1. The largest absolute Gasteiger partial charge is 0.486 e. The number of nitrogens with zero attached hydrogens (tertiary/aromatic N) is 3. The van der Waals surface area contributed by atoms with Crippen molar-refractivity contribution in [3.05, 3.63) is 90.3 Å². The molecule has 1 amide bonds. The third kappa shape index (κ3) is 6.22. The van der Waals surface area contributed by atoms with E-state index in [4.69, 9.17) is 10.6 Å². The fourth-order valence-corrected chi connectivity index (χ4v) is 4.16. The Morgan fingerprint density at radius 2 is 1.66 bits per heavy atom. The van der Waals surface area contributed by atoms with E-state index in [0.29, 0.717) is 11.0 Å². The number of aromatic nitrogens is 3. The van der Waals surface area contributed by atoms with Crippen molar-refractivity contribution in [3.8, 4) is 16.9 Å². The van der Waals surface area contributed by atoms with Crippen molar-refractivity contribution in [1.82, 2.24) is 14.9 Å². The molecule has 8 heteroatoms. The Balaban J connectivity index is 1.33. The zero-order valence-electron chi connectivity index (χ0n) is 20.1. The van der Waals surface area contributed by atoms with E-state index in [0.717, 1.165) is 22.6 Å². The van der Waals surface area contributed by atoms with E-state index in [2.05, 4.69) is 48.4 Å². The van der Waals surface area contributed by atoms with Crippen molar-refractivity contribution in [1.29, 1.82) is 0 Å². The van der Waals surface area contributed by atoms with Gasteiger partial charge in [0.2, 0.25) is 11.1 Å². The predicted octanol–water partition coefficient (Wildman–Crippen LogP) is 5.27. The molecule has 1 heterocycles. The summed E-state index contributed by atoms with van der Waals surface area (Å²) in [6.45, 7) is 6.68.